The average Bonchev–Trinajstić information content (AvgIpc) is 2.93. The molecule has 1 N–H and O–H groups in total. The Morgan fingerprint density at radius 2 is 1.77 bits per heavy atom. The number of nitrogens with zero attached hydrogens (tertiary/aromatic N) is 1. The predicted octanol–water partition coefficient (Wildman–Crippen LogP) is 3.97. The second-order valence-electron chi connectivity index (χ2n) is 7.51. The van der Waals surface area contributed by atoms with Gasteiger partial charge >= 0.3 is 0 Å². The largest absolute Gasteiger partial charge is 0.483 e. The first-order valence-electron chi connectivity index (χ1n) is 10.2. The highest BCUT2D eigenvalue weighted by Gasteiger charge is 2.22. The summed E-state index contributed by atoms with van der Waals surface area (Å²) in [6.45, 7) is 1.01. The van der Waals surface area contributed by atoms with Gasteiger partial charge in [0.2, 0.25) is 5.91 Å². The molecule has 0 bridgehead atoms. The number of carbonyl (C=O) groups is 2. The van der Waals surface area contributed by atoms with Crippen LogP contribution in [0.5, 0.6) is 5.75 Å². The van der Waals surface area contributed by atoms with Gasteiger partial charge in [0, 0.05) is 24.3 Å². The first-order chi connectivity index (χ1) is 15.1. The molecule has 0 fully saturated rings. The molecule has 4 rings (SSSR count). The Labute approximate surface area is 180 Å². The summed E-state index contributed by atoms with van der Waals surface area (Å²) in [6.07, 6.45) is 0.908. The maximum atomic E-state index is 13.0. The molecule has 5 nitrogen and oxygen atoms in total. The van der Waals surface area contributed by atoms with Crippen LogP contribution < -0.4 is 10.1 Å². The van der Waals surface area contributed by atoms with Gasteiger partial charge in [-0.1, -0.05) is 42.5 Å². The monoisotopic (exact) mass is 418 g/mol. The van der Waals surface area contributed by atoms with Crippen molar-refractivity contribution in [2.45, 2.75) is 19.4 Å². The van der Waals surface area contributed by atoms with Gasteiger partial charge in [-0.25, -0.2) is 4.39 Å². The van der Waals surface area contributed by atoms with Crippen LogP contribution in [0.3, 0.4) is 0 Å². The number of hydrogen-bond acceptors (Lipinski definition) is 3. The molecule has 158 valence electrons. The summed E-state index contributed by atoms with van der Waals surface area (Å²) in [5, 5.41) is 2.87. The lowest BCUT2D eigenvalue weighted by atomic mass is 10.1. The number of halogens is 1. The molecule has 2 amide bonds. The molecule has 0 spiro atoms. The number of fused-ring (bicyclic) bond motifs is 1. The molecule has 1 heterocycles. The molecule has 3 aromatic rings. The normalized spacial score (nSPS) is 13.2. The van der Waals surface area contributed by atoms with Gasteiger partial charge < -0.3 is 15.0 Å². The van der Waals surface area contributed by atoms with Crippen LogP contribution in [0.1, 0.15) is 16.7 Å². The van der Waals surface area contributed by atoms with Crippen LogP contribution in [0.15, 0.2) is 72.8 Å². The molecule has 0 saturated heterocycles. The molecule has 0 radical (unpaired) electrons. The van der Waals surface area contributed by atoms with E-state index in [1.165, 1.54) is 17.7 Å². The van der Waals surface area contributed by atoms with E-state index in [9.17, 15) is 14.0 Å². The zero-order valence-electron chi connectivity index (χ0n) is 17.0. The zero-order valence-corrected chi connectivity index (χ0v) is 17.0. The molecule has 0 unspecified atom stereocenters. The molecule has 0 saturated carbocycles. The number of anilines is 1. The summed E-state index contributed by atoms with van der Waals surface area (Å²) in [7, 11) is 0. The van der Waals surface area contributed by atoms with E-state index < -0.39 is 0 Å². The van der Waals surface area contributed by atoms with Crippen molar-refractivity contribution in [2.24, 2.45) is 0 Å². The molecule has 0 aliphatic carbocycles. The molecule has 31 heavy (non-hydrogen) atoms. The average molecular weight is 418 g/mol. The molecule has 0 atom stereocenters. The molecular formula is C25H23FN2O3. The summed E-state index contributed by atoms with van der Waals surface area (Å²) >= 11 is 0. The summed E-state index contributed by atoms with van der Waals surface area (Å²) in [5.74, 6) is 0.0560. The fourth-order valence-electron chi connectivity index (χ4n) is 3.55. The van der Waals surface area contributed by atoms with Crippen molar-refractivity contribution in [3.63, 3.8) is 0 Å². The van der Waals surface area contributed by atoms with E-state index in [1.54, 1.807) is 29.2 Å². The van der Waals surface area contributed by atoms with E-state index in [0.717, 1.165) is 17.5 Å². The van der Waals surface area contributed by atoms with E-state index in [0.29, 0.717) is 24.5 Å². The van der Waals surface area contributed by atoms with Gasteiger partial charge in [0.15, 0.2) is 6.61 Å². The third-order valence-corrected chi connectivity index (χ3v) is 5.20. The molecule has 1 aliphatic heterocycles. The molecule has 1 aliphatic rings. The van der Waals surface area contributed by atoms with Crippen molar-refractivity contribution >= 4 is 17.5 Å². The van der Waals surface area contributed by atoms with Crippen LogP contribution in [0.25, 0.3) is 0 Å². The van der Waals surface area contributed by atoms with Gasteiger partial charge in [0.25, 0.3) is 5.91 Å². The lowest BCUT2D eigenvalue weighted by Gasteiger charge is -2.20. The topological polar surface area (TPSA) is 58.6 Å². The van der Waals surface area contributed by atoms with E-state index in [-0.39, 0.29) is 30.7 Å². The van der Waals surface area contributed by atoms with E-state index in [1.807, 2.05) is 36.4 Å². The van der Waals surface area contributed by atoms with Crippen molar-refractivity contribution in [2.75, 3.05) is 18.5 Å². The fourth-order valence-corrected chi connectivity index (χ4v) is 3.55. The Morgan fingerprint density at radius 1 is 1.00 bits per heavy atom. The first-order valence-corrected chi connectivity index (χ1v) is 10.2. The first kappa shape index (κ1) is 20.6. The standard InChI is InChI=1S/C25H23FN2O3/c26-21-8-6-19(7-9-21)14-24(29)27-22-10-11-23-20(15-22)16-28(25(30)17-31-23)13-12-18-4-2-1-3-5-18/h1-11,15H,12-14,16-17H2,(H,27,29). The Kier molecular flexibility index (Phi) is 6.26. The maximum Gasteiger partial charge on any atom is 0.260 e. The van der Waals surface area contributed by atoms with Crippen LogP contribution >= 0.6 is 0 Å². The lowest BCUT2D eigenvalue weighted by Crippen LogP contribution is -2.34. The van der Waals surface area contributed by atoms with Crippen LogP contribution in [0, 0.1) is 5.82 Å². The third-order valence-electron chi connectivity index (χ3n) is 5.20. The Hall–Kier alpha value is -3.67. The fraction of sp³-hybridized carbons (Fsp3) is 0.200. The predicted molar refractivity (Wildman–Crippen MR) is 116 cm³/mol. The second-order valence-corrected chi connectivity index (χ2v) is 7.51. The van der Waals surface area contributed by atoms with Crippen molar-refractivity contribution in [1.82, 2.24) is 4.90 Å². The van der Waals surface area contributed by atoms with Gasteiger partial charge in [-0.05, 0) is 47.9 Å². The van der Waals surface area contributed by atoms with Gasteiger partial charge in [0.1, 0.15) is 11.6 Å². The van der Waals surface area contributed by atoms with Crippen molar-refractivity contribution in [3.05, 3.63) is 95.3 Å². The minimum absolute atomic E-state index is 0.00192. The molecule has 6 heteroatoms. The van der Waals surface area contributed by atoms with E-state index >= 15 is 0 Å². The number of nitrogens with one attached hydrogen (secondary N) is 1. The van der Waals surface area contributed by atoms with Crippen LogP contribution in [-0.4, -0.2) is 29.9 Å². The second kappa shape index (κ2) is 9.43. The lowest BCUT2D eigenvalue weighted by molar-refractivity contribution is -0.133. The van der Waals surface area contributed by atoms with Gasteiger partial charge in [0.05, 0.1) is 6.42 Å². The van der Waals surface area contributed by atoms with Crippen molar-refractivity contribution < 1.29 is 18.7 Å². The van der Waals surface area contributed by atoms with Crippen LogP contribution in [0.2, 0.25) is 0 Å². The number of hydrogen-bond donors (Lipinski definition) is 1. The smallest absolute Gasteiger partial charge is 0.260 e. The summed E-state index contributed by atoms with van der Waals surface area (Å²) in [5.41, 5.74) is 3.38. The van der Waals surface area contributed by atoms with E-state index in [4.69, 9.17) is 4.74 Å². The highest BCUT2D eigenvalue weighted by atomic mass is 19.1. The number of carbonyl (C=O) groups excluding carboxylic acids is 2. The highest BCUT2D eigenvalue weighted by Crippen LogP contribution is 2.27. The Bertz CT molecular complexity index is 1070. The minimum Gasteiger partial charge on any atom is -0.483 e. The van der Waals surface area contributed by atoms with Gasteiger partial charge in [-0.2, -0.15) is 0 Å². The van der Waals surface area contributed by atoms with E-state index in [2.05, 4.69) is 5.32 Å². The minimum atomic E-state index is -0.332. The third kappa shape index (κ3) is 5.48. The summed E-state index contributed by atoms with van der Waals surface area (Å²) < 4.78 is 18.7. The van der Waals surface area contributed by atoms with Crippen LogP contribution in [-0.2, 0) is 29.0 Å². The number of rotatable bonds is 6. The van der Waals surface area contributed by atoms with Gasteiger partial charge in [-0.3, -0.25) is 9.59 Å². The van der Waals surface area contributed by atoms with Gasteiger partial charge in [-0.15, -0.1) is 0 Å². The van der Waals surface area contributed by atoms with Crippen molar-refractivity contribution in [1.29, 1.82) is 0 Å². The number of ether oxygens (including phenoxy) is 1. The number of amides is 2. The maximum absolute atomic E-state index is 13.0. The molecule has 3 aromatic carbocycles. The highest BCUT2D eigenvalue weighted by molar-refractivity contribution is 5.92. The molecular weight excluding hydrogens is 395 g/mol. The summed E-state index contributed by atoms with van der Waals surface area (Å²) in [6, 6.07) is 21.3. The Balaban J connectivity index is 1.42. The number of benzene rings is 3. The SMILES string of the molecule is O=C(Cc1ccc(F)cc1)Nc1ccc2c(c1)CN(CCc1ccccc1)C(=O)CO2. The summed E-state index contributed by atoms with van der Waals surface area (Å²) in [4.78, 5) is 26.7. The van der Waals surface area contributed by atoms with Crippen LogP contribution in [0.4, 0.5) is 10.1 Å². The quantitative estimate of drug-likeness (QED) is 0.659. The zero-order chi connectivity index (χ0) is 21.6. The Morgan fingerprint density at radius 3 is 2.55 bits per heavy atom. The van der Waals surface area contributed by atoms with Crippen molar-refractivity contribution in [3.8, 4) is 5.75 Å². The molecule has 0 aromatic heterocycles.